The van der Waals surface area contributed by atoms with Crippen LogP contribution in [0.25, 0.3) is 0 Å². The summed E-state index contributed by atoms with van der Waals surface area (Å²) in [7, 11) is 0. The Morgan fingerprint density at radius 3 is 2.82 bits per heavy atom. The first-order valence-electron chi connectivity index (χ1n) is 3.67. The maximum Gasteiger partial charge on any atom is 0.304 e. The third kappa shape index (κ3) is 1.89. The second-order valence-electron chi connectivity index (χ2n) is 3.13. The first-order valence-corrected chi connectivity index (χ1v) is 3.67. The summed E-state index contributed by atoms with van der Waals surface area (Å²) in [5.41, 5.74) is -0.619. The number of hydrogen-bond donors (Lipinski definition) is 2. The summed E-state index contributed by atoms with van der Waals surface area (Å²) >= 11 is 0. The molecule has 0 aliphatic carbocycles. The zero-order chi connectivity index (χ0) is 8.32. The van der Waals surface area contributed by atoms with E-state index >= 15 is 0 Å². The van der Waals surface area contributed by atoms with Crippen molar-refractivity contribution >= 4 is 5.97 Å². The SMILES string of the molecule is O=C(O)CC1(CF)CCNC1. The van der Waals surface area contributed by atoms with Crippen LogP contribution in [0.1, 0.15) is 12.8 Å². The maximum atomic E-state index is 12.4. The molecule has 1 fully saturated rings. The highest BCUT2D eigenvalue weighted by Gasteiger charge is 2.36. The minimum Gasteiger partial charge on any atom is -0.481 e. The number of nitrogens with one attached hydrogen (secondary N) is 1. The first-order chi connectivity index (χ1) is 5.18. The maximum absolute atomic E-state index is 12.4. The Bertz CT molecular complexity index is 155. The van der Waals surface area contributed by atoms with Crippen LogP contribution in [0.3, 0.4) is 0 Å². The number of halogens is 1. The van der Waals surface area contributed by atoms with E-state index in [2.05, 4.69) is 5.32 Å². The molecule has 64 valence electrons. The molecular formula is C7H12FNO2. The van der Waals surface area contributed by atoms with Crippen LogP contribution in [0.4, 0.5) is 4.39 Å². The fourth-order valence-electron chi connectivity index (χ4n) is 1.43. The Morgan fingerprint density at radius 1 is 1.73 bits per heavy atom. The van der Waals surface area contributed by atoms with Gasteiger partial charge >= 0.3 is 5.97 Å². The Balaban J connectivity index is 2.52. The van der Waals surface area contributed by atoms with E-state index in [4.69, 9.17) is 5.11 Å². The molecule has 2 N–H and O–H groups in total. The fourth-order valence-corrected chi connectivity index (χ4v) is 1.43. The van der Waals surface area contributed by atoms with Crippen molar-refractivity contribution in [3.8, 4) is 0 Å². The predicted molar refractivity (Wildman–Crippen MR) is 38.1 cm³/mol. The molecule has 0 amide bonds. The van der Waals surface area contributed by atoms with Gasteiger partial charge in [0.1, 0.15) is 0 Å². The molecule has 1 aliphatic heterocycles. The molecule has 1 unspecified atom stereocenters. The molecule has 1 aliphatic rings. The van der Waals surface area contributed by atoms with Gasteiger partial charge < -0.3 is 10.4 Å². The Morgan fingerprint density at radius 2 is 2.45 bits per heavy atom. The van der Waals surface area contributed by atoms with Crippen LogP contribution in [0, 0.1) is 5.41 Å². The van der Waals surface area contributed by atoms with Gasteiger partial charge in [0, 0.05) is 12.0 Å². The van der Waals surface area contributed by atoms with Crippen molar-refractivity contribution < 1.29 is 14.3 Å². The van der Waals surface area contributed by atoms with Crippen molar-refractivity contribution in [3.05, 3.63) is 0 Å². The van der Waals surface area contributed by atoms with Crippen LogP contribution in [-0.4, -0.2) is 30.8 Å². The van der Waals surface area contributed by atoms with E-state index in [1.54, 1.807) is 0 Å². The Hall–Kier alpha value is -0.640. The number of rotatable bonds is 3. The summed E-state index contributed by atoms with van der Waals surface area (Å²) in [5, 5.41) is 11.4. The van der Waals surface area contributed by atoms with Crippen LogP contribution in [0.2, 0.25) is 0 Å². The largest absolute Gasteiger partial charge is 0.481 e. The summed E-state index contributed by atoms with van der Waals surface area (Å²) in [6.45, 7) is 0.694. The van der Waals surface area contributed by atoms with E-state index in [-0.39, 0.29) is 6.42 Å². The summed E-state index contributed by atoms with van der Waals surface area (Å²) in [6, 6.07) is 0. The van der Waals surface area contributed by atoms with Crippen LogP contribution in [0.15, 0.2) is 0 Å². The van der Waals surface area contributed by atoms with Gasteiger partial charge in [-0.15, -0.1) is 0 Å². The van der Waals surface area contributed by atoms with Gasteiger partial charge in [-0.25, -0.2) is 0 Å². The molecule has 1 heterocycles. The molecule has 3 nitrogen and oxygen atoms in total. The molecule has 0 bridgehead atoms. The van der Waals surface area contributed by atoms with E-state index in [1.165, 1.54) is 0 Å². The Labute approximate surface area is 64.6 Å². The lowest BCUT2D eigenvalue weighted by Crippen LogP contribution is -2.29. The highest BCUT2D eigenvalue weighted by molar-refractivity contribution is 5.67. The lowest BCUT2D eigenvalue weighted by atomic mass is 9.85. The molecule has 0 saturated carbocycles. The molecule has 0 aromatic rings. The molecule has 0 aromatic carbocycles. The molecule has 1 atom stereocenters. The highest BCUT2D eigenvalue weighted by Crippen LogP contribution is 2.29. The second kappa shape index (κ2) is 3.17. The van der Waals surface area contributed by atoms with Gasteiger partial charge in [-0.3, -0.25) is 9.18 Å². The highest BCUT2D eigenvalue weighted by atomic mass is 19.1. The molecule has 1 rings (SSSR count). The fraction of sp³-hybridized carbons (Fsp3) is 0.857. The topological polar surface area (TPSA) is 49.3 Å². The van der Waals surface area contributed by atoms with E-state index in [1.807, 2.05) is 0 Å². The van der Waals surface area contributed by atoms with Gasteiger partial charge in [0.05, 0.1) is 13.1 Å². The number of carbonyl (C=O) groups is 1. The molecule has 1 saturated heterocycles. The van der Waals surface area contributed by atoms with Crippen molar-refractivity contribution in [1.82, 2.24) is 5.32 Å². The minimum atomic E-state index is -0.911. The number of aliphatic carboxylic acids is 1. The molecule has 0 aromatic heterocycles. The minimum absolute atomic E-state index is 0.0590. The number of hydrogen-bond acceptors (Lipinski definition) is 2. The van der Waals surface area contributed by atoms with Crippen molar-refractivity contribution in [2.45, 2.75) is 12.8 Å². The summed E-state index contributed by atoms with van der Waals surface area (Å²) in [5.74, 6) is -0.911. The average Bonchev–Trinajstić information content (AvgIpc) is 2.36. The van der Waals surface area contributed by atoms with Crippen LogP contribution >= 0.6 is 0 Å². The quantitative estimate of drug-likeness (QED) is 0.630. The van der Waals surface area contributed by atoms with Gasteiger partial charge in [-0.05, 0) is 13.0 Å². The van der Waals surface area contributed by atoms with Crippen LogP contribution < -0.4 is 5.32 Å². The number of alkyl halides is 1. The van der Waals surface area contributed by atoms with E-state index < -0.39 is 18.1 Å². The lowest BCUT2D eigenvalue weighted by molar-refractivity contribution is -0.139. The van der Waals surface area contributed by atoms with Gasteiger partial charge in [0.2, 0.25) is 0 Å². The monoisotopic (exact) mass is 161 g/mol. The third-order valence-electron chi connectivity index (χ3n) is 2.14. The van der Waals surface area contributed by atoms with Gasteiger partial charge in [-0.2, -0.15) is 0 Å². The van der Waals surface area contributed by atoms with Crippen LogP contribution in [0.5, 0.6) is 0 Å². The van der Waals surface area contributed by atoms with Crippen LogP contribution in [-0.2, 0) is 4.79 Å². The molecule has 4 heteroatoms. The number of carboxylic acid groups (broad SMARTS) is 1. The first kappa shape index (κ1) is 8.46. The lowest BCUT2D eigenvalue weighted by Gasteiger charge is -2.21. The third-order valence-corrected chi connectivity index (χ3v) is 2.14. The molecule has 0 radical (unpaired) electrons. The smallest absolute Gasteiger partial charge is 0.304 e. The van der Waals surface area contributed by atoms with E-state index in [9.17, 15) is 9.18 Å². The second-order valence-corrected chi connectivity index (χ2v) is 3.13. The van der Waals surface area contributed by atoms with Crippen molar-refractivity contribution in [1.29, 1.82) is 0 Å². The van der Waals surface area contributed by atoms with Gasteiger partial charge in [0.25, 0.3) is 0 Å². The summed E-state index contributed by atoms with van der Waals surface area (Å²) in [6.07, 6.45) is 0.576. The van der Waals surface area contributed by atoms with Crippen molar-refractivity contribution in [2.75, 3.05) is 19.8 Å². The van der Waals surface area contributed by atoms with Gasteiger partial charge in [0.15, 0.2) is 0 Å². The zero-order valence-corrected chi connectivity index (χ0v) is 6.27. The molecule has 11 heavy (non-hydrogen) atoms. The van der Waals surface area contributed by atoms with Crippen molar-refractivity contribution in [3.63, 3.8) is 0 Å². The number of carboxylic acids is 1. The Kier molecular flexibility index (Phi) is 2.44. The van der Waals surface area contributed by atoms with Gasteiger partial charge in [-0.1, -0.05) is 0 Å². The average molecular weight is 161 g/mol. The summed E-state index contributed by atoms with van der Waals surface area (Å²) in [4.78, 5) is 10.3. The molecule has 0 spiro atoms. The van der Waals surface area contributed by atoms with Crippen molar-refractivity contribution in [2.24, 2.45) is 5.41 Å². The van der Waals surface area contributed by atoms with E-state index in [0.29, 0.717) is 13.0 Å². The standard InChI is InChI=1S/C7H12FNO2/c8-4-7(3-6(10)11)1-2-9-5-7/h9H,1-5H2,(H,10,11). The van der Waals surface area contributed by atoms with E-state index in [0.717, 1.165) is 6.54 Å². The molecular weight excluding hydrogens is 149 g/mol. The summed E-state index contributed by atoms with van der Waals surface area (Å²) < 4.78 is 12.4. The normalized spacial score (nSPS) is 30.6. The zero-order valence-electron chi connectivity index (χ0n) is 6.27. The predicted octanol–water partition coefficient (Wildman–Crippen LogP) is 0.410.